The second-order valence-electron chi connectivity index (χ2n) is 4.27. The average Bonchev–Trinajstić information content (AvgIpc) is 2.55. The molecule has 17 heavy (non-hydrogen) atoms. The number of amides is 1. The van der Waals surface area contributed by atoms with Crippen LogP contribution < -0.4 is 11.1 Å². The Morgan fingerprint density at radius 2 is 2.18 bits per heavy atom. The van der Waals surface area contributed by atoms with Crippen LogP contribution in [0, 0.1) is 0 Å². The highest BCUT2D eigenvalue weighted by Crippen LogP contribution is 2.16. The van der Waals surface area contributed by atoms with Gasteiger partial charge in [-0.3, -0.25) is 4.79 Å². The van der Waals surface area contributed by atoms with Gasteiger partial charge in [0, 0.05) is 6.04 Å². The normalized spacial score (nSPS) is 11.0. The largest absolute Gasteiger partial charge is 0.369 e. The molecule has 0 aliphatic rings. The molecule has 0 spiro atoms. The molecule has 2 rings (SSSR count). The average molecular weight is 232 g/mol. The zero-order chi connectivity index (χ0) is 12.4. The van der Waals surface area contributed by atoms with Crippen molar-refractivity contribution in [1.82, 2.24) is 14.9 Å². The number of carbonyl (C=O) groups is 1. The van der Waals surface area contributed by atoms with Gasteiger partial charge < -0.3 is 15.6 Å². The number of imidazole rings is 1. The maximum atomic E-state index is 11.7. The molecular weight excluding hydrogens is 216 g/mol. The molecule has 2 aromatic rings. The molecule has 90 valence electrons. The molecule has 5 nitrogen and oxygen atoms in total. The Morgan fingerprint density at radius 3 is 2.88 bits per heavy atom. The highest BCUT2D eigenvalue weighted by Gasteiger charge is 2.11. The Hall–Kier alpha value is -2.04. The smallest absolute Gasteiger partial charge is 0.240 e. The molecule has 1 aromatic heterocycles. The predicted molar refractivity (Wildman–Crippen MR) is 67.4 cm³/mol. The van der Waals surface area contributed by atoms with E-state index < -0.39 is 0 Å². The molecule has 0 atom stereocenters. The van der Waals surface area contributed by atoms with E-state index in [-0.39, 0.29) is 18.5 Å². The van der Waals surface area contributed by atoms with Gasteiger partial charge in [-0.2, -0.15) is 0 Å². The van der Waals surface area contributed by atoms with Crippen molar-refractivity contribution in [3.63, 3.8) is 0 Å². The van der Waals surface area contributed by atoms with Crippen LogP contribution in [0.1, 0.15) is 13.8 Å². The van der Waals surface area contributed by atoms with Crippen LogP contribution in [0.5, 0.6) is 0 Å². The molecule has 1 amide bonds. The first-order chi connectivity index (χ1) is 8.08. The number of fused-ring (bicyclic) bond motifs is 1. The van der Waals surface area contributed by atoms with E-state index >= 15 is 0 Å². The minimum Gasteiger partial charge on any atom is -0.369 e. The van der Waals surface area contributed by atoms with Crippen LogP contribution in [-0.2, 0) is 11.3 Å². The molecule has 0 saturated heterocycles. The van der Waals surface area contributed by atoms with Crippen molar-refractivity contribution in [3.8, 4) is 0 Å². The molecule has 1 aromatic carbocycles. The molecule has 3 N–H and O–H groups in total. The number of carbonyl (C=O) groups excluding carboxylic acids is 1. The number of anilines is 1. The Kier molecular flexibility index (Phi) is 2.99. The zero-order valence-electron chi connectivity index (χ0n) is 9.97. The number of para-hydroxylation sites is 2. The molecule has 0 aliphatic carbocycles. The van der Waals surface area contributed by atoms with E-state index in [9.17, 15) is 4.79 Å². The van der Waals surface area contributed by atoms with Gasteiger partial charge in [0.2, 0.25) is 11.9 Å². The molecule has 0 saturated carbocycles. The Balaban J connectivity index is 2.29. The van der Waals surface area contributed by atoms with Gasteiger partial charge in [-0.25, -0.2) is 4.98 Å². The summed E-state index contributed by atoms with van der Waals surface area (Å²) in [4.78, 5) is 15.9. The number of benzene rings is 1. The van der Waals surface area contributed by atoms with Gasteiger partial charge in [0.25, 0.3) is 0 Å². The number of nitrogens with two attached hydrogens (primary N) is 1. The van der Waals surface area contributed by atoms with Crippen LogP contribution in [0.4, 0.5) is 5.95 Å². The minimum absolute atomic E-state index is 0.0603. The van der Waals surface area contributed by atoms with Crippen molar-refractivity contribution in [3.05, 3.63) is 24.3 Å². The third-order valence-electron chi connectivity index (χ3n) is 2.44. The second-order valence-corrected chi connectivity index (χ2v) is 4.27. The zero-order valence-corrected chi connectivity index (χ0v) is 9.97. The quantitative estimate of drug-likeness (QED) is 0.833. The number of hydrogen-bond donors (Lipinski definition) is 2. The van der Waals surface area contributed by atoms with Crippen LogP contribution in [-0.4, -0.2) is 21.5 Å². The highest BCUT2D eigenvalue weighted by molar-refractivity contribution is 5.82. The number of aromatic nitrogens is 2. The maximum absolute atomic E-state index is 11.7. The summed E-state index contributed by atoms with van der Waals surface area (Å²) >= 11 is 0. The minimum atomic E-state index is -0.0603. The summed E-state index contributed by atoms with van der Waals surface area (Å²) in [6, 6.07) is 7.70. The fraction of sp³-hybridized carbons (Fsp3) is 0.333. The molecule has 5 heteroatoms. The van der Waals surface area contributed by atoms with Gasteiger partial charge >= 0.3 is 0 Å². The van der Waals surface area contributed by atoms with E-state index in [2.05, 4.69) is 10.3 Å². The number of nitrogens with zero attached hydrogens (tertiary/aromatic N) is 2. The van der Waals surface area contributed by atoms with E-state index in [1.165, 1.54) is 0 Å². The second kappa shape index (κ2) is 4.45. The van der Waals surface area contributed by atoms with Crippen molar-refractivity contribution in [2.45, 2.75) is 26.4 Å². The fourth-order valence-electron chi connectivity index (χ4n) is 1.77. The van der Waals surface area contributed by atoms with Crippen LogP contribution in [0.25, 0.3) is 11.0 Å². The summed E-state index contributed by atoms with van der Waals surface area (Å²) in [5.74, 6) is 0.306. The summed E-state index contributed by atoms with van der Waals surface area (Å²) < 4.78 is 1.72. The van der Waals surface area contributed by atoms with E-state index in [0.29, 0.717) is 5.95 Å². The number of nitrogen functional groups attached to an aromatic ring is 1. The van der Waals surface area contributed by atoms with Crippen molar-refractivity contribution >= 4 is 22.9 Å². The SMILES string of the molecule is CC(C)NC(=O)Cn1c(N)nc2ccccc21. The summed E-state index contributed by atoms with van der Waals surface area (Å²) in [5, 5.41) is 2.83. The van der Waals surface area contributed by atoms with E-state index in [0.717, 1.165) is 11.0 Å². The first-order valence-electron chi connectivity index (χ1n) is 5.58. The number of hydrogen-bond acceptors (Lipinski definition) is 3. The van der Waals surface area contributed by atoms with Crippen LogP contribution >= 0.6 is 0 Å². The van der Waals surface area contributed by atoms with E-state index in [4.69, 9.17) is 5.73 Å². The molecule has 0 radical (unpaired) electrons. The van der Waals surface area contributed by atoms with Gasteiger partial charge in [-0.1, -0.05) is 12.1 Å². The van der Waals surface area contributed by atoms with Crippen LogP contribution in [0.2, 0.25) is 0 Å². The van der Waals surface area contributed by atoms with Crippen LogP contribution in [0.15, 0.2) is 24.3 Å². The standard InChI is InChI=1S/C12H16N4O/c1-8(2)14-11(17)7-16-10-6-4-3-5-9(10)15-12(16)13/h3-6,8H,7H2,1-2H3,(H2,13,15)(H,14,17). The summed E-state index contributed by atoms with van der Waals surface area (Å²) in [6.07, 6.45) is 0. The number of rotatable bonds is 3. The topological polar surface area (TPSA) is 72.9 Å². The maximum Gasteiger partial charge on any atom is 0.240 e. The molecule has 0 aliphatic heterocycles. The summed E-state index contributed by atoms with van der Waals surface area (Å²) in [6.45, 7) is 4.05. The number of nitrogens with one attached hydrogen (secondary N) is 1. The van der Waals surface area contributed by atoms with Crippen molar-refractivity contribution in [1.29, 1.82) is 0 Å². The van der Waals surface area contributed by atoms with E-state index in [1.54, 1.807) is 4.57 Å². The molecule has 0 bridgehead atoms. The first kappa shape index (κ1) is 11.4. The molecule has 1 heterocycles. The Labute approximate surface area is 99.6 Å². The first-order valence-corrected chi connectivity index (χ1v) is 5.58. The van der Waals surface area contributed by atoms with Crippen molar-refractivity contribution < 1.29 is 4.79 Å². The third kappa shape index (κ3) is 2.38. The Bertz CT molecular complexity index is 544. The highest BCUT2D eigenvalue weighted by atomic mass is 16.2. The van der Waals surface area contributed by atoms with Gasteiger partial charge in [-0.15, -0.1) is 0 Å². The van der Waals surface area contributed by atoms with E-state index in [1.807, 2.05) is 38.1 Å². The van der Waals surface area contributed by atoms with Crippen LogP contribution in [0.3, 0.4) is 0 Å². The molecule has 0 unspecified atom stereocenters. The summed E-state index contributed by atoms with van der Waals surface area (Å²) in [7, 11) is 0. The lowest BCUT2D eigenvalue weighted by atomic mass is 10.3. The van der Waals surface area contributed by atoms with Gasteiger partial charge in [0.15, 0.2) is 0 Å². The van der Waals surface area contributed by atoms with Gasteiger partial charge in [-0.05, 0) is 26.0 Å². The Morgan fingerprint density at radius 1 is 1.47 bits per heavy atom. The van der Waals surface area contributed by atoms with Gasteiger partial charge in [0.05, 0.1) is 11.0 Å². The van der Waals surface area contributed by atoms with Crippen molar-refractivity contribution in [2.24, 2.45) is 0 Å². The lowest BCUT2D eigenvalue weighted by Gasteiger charge is -2.10. The van der Waals surface area contributed by atoms with Crippen molar-refractivity contribution in [2.75, 3.05) is 5.73 Å². The predicted octanol–water partition coefficient (Wildman–Crippen LogP) is 1.14. The molecule has 0 fully saturated rings. The monoisotopic (exact) mass is 232 g/mol. The fourth-order valence-corrected chi connectivity index (χ4v) is 1.77. The lowest BCUT2D eigenvalue weighted by molar-refractivity contribution is -0.122. The lowest BCUT2D eigenvalue weighted by Crippen LogP contribution is -2.33. The summed E-state index contributed by atoms with van der Waals surface area (Å²) in [5.41, 5.74) is 7.49. The molecular formula is C12H16N4O. The third-order valence-corrected chi connectivity index (χ3v) is 2.44. The van der Waals surface area contributed by atoms with Gasteiger partial charge in [0.1, 0.15) is 6.54 Å².